The van der Waals surface area contributed by atoms with Crippen LogP contribution in [0.25, 0.3) is 0 Å². The van der Waals surface area contributed by atoms with Crippen LogP contribution in [0.15, 0.2) is 39.3 Å². The van der Waals surface area contributed by atoms with Gasteiger partial charge in [0.15, 0.2) is 0 Å². The van der Waals surface area contributed by atoms with Gasteiger partial charge in [-0.05, 0) is 30.3 Å². The third-order valence-electron chi connectivity index (χ3n) is 1.82. The quantitative estimate of drug-likeness (QED) is 0.858. The normalized spacial score (nSPS) is 10.5. The first-order chi connectivity index (χ1) is 7.28. The lowest BCUT2D eigenvalue weighted by atomic mass is 10.3. The summed E-state index contributed by atoms with van der Waals surface area (Å²) in [7, 11) is 0. The van der Waals surface area contributed by atoms with E-state index >= 15 is 0 Å². The van der Waals surface area contributed by atoms with E-state index in [2.05, 4.69) is 9.97 Å². The van der Waals surface area contributed by atoms with Crippen LogP contribution in [0.4, 0.5) is 0 Å². The highest BCUT2D eigenvalue weighted by molar-refractivity contribution is 7.99. The molecule has 0 amide bonds. The van der Waals surface area contributed by atoms with Crippen molar-refractivity contribution < 1.29 is 4.42 Å². The Balaban J connectivity index is 2.11. The molecule has 0 fully saturated rings. The standard InChI is InChI=1S/C10H11N3OS/c1-7-6-14-10(13-7)15-9-3-2-8(4-11)5-12-9/h2-3,5-6H,4,11H2,1H3. The topological polar surface area (TPSA) is 64.9 Å². The predicted molar refractivity (Wildman–Crippen MR) is 57.5 cm³/mol. The maximum Gasteiger partial charge on any atom is 0.262 e. The van der Waals surface area contributed by atoms with Crippen LogP contribution < -0.4 is 5.73 Å². The first-order valence-electron chi connectivity index (χ1n) is 4.53. The number of oxazole rings is 1. The minimum atomic E-state index is 0.510. The Bertz CT molecular complexity index is 438. The Hall–Kier alpha value is -1.33. The molecule has 2 N–H and O–H groups in total. The predicted octanol–water partition coefficient (Wildman–Crippen LogP) is 1.99. The molecule has 0 aliphatic rings. The van der Waals surface area contributed by atoms with E-state index in [0.29, 0.717) is 11.8 Å². The molecule has 0 aliphatic carbocycles. The molecule has 0 radical (unpaired) electrons. The molecule has 0 aromatic carbocycles. The lowest BCUT2D eigenvalue weighted by Crippen LogP contribution is -1.96. The van der Waals surface area contributed by atoms with Gasteiger partial charge in [-0.1, -0.05) is 6.07 Å². The highest BCUT2D eigenvalue weighted by Crippen LogP contribution is 2.24. The number of pyridine rings is 1. The average molecular weight is 221 g/mol. The van der Waals surface area contributed by atoms with Crippen molar-refractivity contribution in [2.45, 2.75) is 23.7 Å². The number of nitrogens with two attached hydrogens (primary N) is 1. The van der Waals surface area contributed by atoms with E-state index in [4.69, 9.17) is 10.2 Å². The lowest BCUT2D eigenvalue weighted by Gasteiger charge is -1.97. The van der Waals surface area contributed by atoms with Gasteiger partial charge >= 0.3 is 0 Å². The summed E-state index contributed by atoms with van der Waals surface area (Å²) in [6.07, 6.45) is 3.38. The highest BCUT2D eigenvalue weighted by atomic mass is 32.2. The maximum atomic E-state index is 5.48. The summed E-state index contributed by atoms with van der Waals surface area (Å²) in [5, 5.41) is 1.47. The van der Waals surface area contributed by atoms with Crippen LogP contribution in [0.3, 0.4) is 0 Å². The van der Waals surface area contributed by atoms with E-state index in [-0.39, 0.29) is 0 Å². The SMILES string of the molecule is Cc1coc(Sc2ccc(CN)cn2)n1. The summed E-state index contributed by atoms with van der Waals surface area (Å²) in [5.74, 6) is 0. The Morgan fingerprint density at radius 2 is 2.33 bits per heavy atom. The molecule has 78 valence electrons. The van der Waals surface area contributed by atoms with Crippen molar-refractivity contribution in [2.75, 3.05) is 0 Å². The van der Waals surface area contributed by atoms with E-state index in [1.807, 2.05) is 19.1 Å². The van der Waals surface area contributed by atoms with E-state index in [1.54, 1.807) is 12.5 Å². The number of aryl methyl sites for hydroxylation is 1. The summed E-state index contributed by atoms with van der Waals surface area (Å²) in [4.78, 5) is 8.42. The van der Waals surface area contributed by atoms with Crippen LogP contribution in [-0.4, -0.2) is 9.97 Å². The van der Waals surface area contributed by atoms with Crippen molar-refractivity contribution in [1.29, 1.82) is 0 Å². The maximum absolute atomic E-state index is 5.48. The Morgan fingerprint density at radius 1 is 1.47 bits per heavy atom. The second kappa shape index (κ2) is 4.46. The highest BCUT2D eigenvalue weighted by Gasteiger charge is 2.04. The molecule has 0 bridgehead atoms. The van der Waals surface area contributed by atoms with Gasteiger partial charge in [0.1, 0.15) is 11.3 Å². The van der Waals surface area contributed by atoms with Crippen LogP contribution in [0.1, 0.15) is 11.3 Å². The number of rotatable bonds is 3. The van der Waals surface area contributed by atoms with E-state index < -0.39 is 0 Å². The third kappa shape index (κ3) is 2.57. The fourth-order valence-corrected chi connectivity index (χ4v) is 1.77. The summed E-state index contributed by atoms with van der Waals surface area (Å²) in [6, 6.07) is 3.86. The molecule has 0 atom stereocenters. The fraction of sp³-hybridized carbons (Fsp3) is 0.200. The van der Waals surface area contributed by atoms with Crippen molar-refractivity contribution in [1.82, 2.24) is 9.97 Å². The van der Waals surface area contributed by atoms with E-state index in [9.17, 15) is 0 Å². The first kappa shape index (κ1) is 10.2. The van der Waals surface area contributed by atoms with Crippen LogP contribution in [-0.2, 0) is 6.54 Å². The molecule has 4 nitrogen and oxygen atoms in total. The monoisotopic (exact) mass is 221 g/mol. The molecule has 0 spiro atoms. The molecule has 0 saturated carbocycles. The molecular formula is C10H11N3OS. The summed E-state index contributed by atoms with van der Waals surface area (Å²) in [6.45, 7) is 2.40. The lowest BCUT2D eigenvalue weighted by molar-refractivity contribution is 0.454. The molecule has 0 aliphatic heterocycles. The summed E-state index contributed by atoms with van der Waals surface area (Å²) in [5.41, 5.74) is 7.37. The first-order valence-corrected chi connectivity index (χ1v) is 5.34. The Labute approximate surface area is 91.9 Å². The van der Waals surface area contributed by atoms with Crippen molar-refractivity contribution in [3.63, 3.8) is 0 Å². The molecule has 0 unspecified atom stereocenters. The largest absolute Gasteiger partial charge is 0.439 e. The van der Waals surface area contributed by atoms with Crippen molar-refractivity contribution in [3.8, 4) is 0 Å². The molecule has 15 heavy (non-hydrogen) atoms. The zero-order valence-corrected chi connectivity index (χ0v) is 9.12. The third-order valence-corrected chi connectivity index (χ3v) is 2.64. The second-order valence-electron chi connectivity index (χ2n) is 3.07. The summed E-state index contributed by atoms with van der Waals surface area (Å²) < 4.78 is 5.21. The zero-order valence-electron chi connectivity index (χ0n) is 8.30. The van der Waals surface area contributed by atoms with E-state index in [0.717, 1.165) is 16.3 Å². The van der Waals surface area contributed by atoms with Crippen molar-refractivity contribution in [2.24, 2.45) is 5.73 Å². The van der Waals surface area contributed by atoms with Gasteiger partial charge in [0, 0.05) is 12.7 Å². The van der Waals surface area contributed by atoms with Crippen LogP contribution in [0.5, 0.6) is 0 Å². The van der Waals surface area contributed by atoms with Gasteiger partial charge in [0.2, 0.25) is 0 Å². The minimum absolute atomic E-state index is 0.510. The van der Waals surface area contributed by atoms with Gasteiger partial charge in [-0.2, -0.15) is 0 Å². The van der Waals surface area contributed by atoms with Gasteiger partial charge in [-0.15, -0.1) is 0 Å². The van der Waals surface area contributed by atoms with Crippen molar-refractivity contribution in [3.05, 3.63) is 35.9 Å². The smallest absolute Gasteiger partial charge is 0.262 e. The number of aromatic nitrogens is 2. The molecule has 2 aromatic heterocycles. The van der Waals surface area contributed by atoms with Crippen molar-refractivity contribution >= 4 is 11.8 Å². The number of hydrogen-bond donors (Lipinski definition) is 1. The van der Waals surface area contributed by atoms with E-state index in [1.165, 1.54) is 11.8 Å². The van der Waals surface area contributed by atoms with Crippen LogP contribution in [0, 0.1) is 6.92 Å². The molecule has 5 heteroatoms. The van der Waals surface area contributed by atoms with Crippen LogP contribution in [0.2, 0.25) is 0 Å². The number of hydrogen-bond acceptors (Lipinski definition) is 5. The molecule has 2 rings (SSSR count). The Morgan fingerprint density at radius 3 is 2.87 bits per heavy atom. The van der Waals surface area contributed by atoms with Gasteiger partial charge in [0.25, 0.3) is 5.22 Å². The molecular weight excluding hydrogens is 210 g/mol. The molecule has 2 aromatic rings. The van der Waals surface area contributed by atoms with Gasteiger partial charge in [-0.25, -0.2) is 9.97 Å². The van der Waals surface area contributed by atoms with Gasteiger partial charge in [0.05, 0.1) is 5.69 Å². The molecule has 2 heterocycles. The van der Waals surface area contributed by atoms with Gasteiger partial charge in [-0.3, -0.25) is 0 Å². The summed E-state index contributed by atoms with van der Waals surface area (Å²) >= 11 is 1.40. The van der Waals surface area contributed by atoms with Crippen LogP contribution >= 0.6 is 11.8 Å². The number of nitrogens with zero attached hydrogens (tertiary/aromatic N) is 2. The van der Waals surface area contributed by atoms with Gasteiger partial charge < -0.3 is 10.2 Å². The second-order valence-corrected chi connectivity index (χ2v) is 4.04. The zero-order chi connectivity index (χ0) is 10.7. The average Bonchev–Trinajstić information content (AvgIpc) is 2.65. The Kier molecular flexibility index (Phi) is 3.03. The molecule has 0 saturated heterocycles. The fourth-order valence-electron chi connectivity index (χ4n) is 1.06. The minimum Gasteiger partial charge on any atom is -0.439 e.